The van der Waals surface area contributed by atoms with Crippen molar-refractivity contribution >= 4 is 62.1 Å². The van der Waals surface area contributed by atoms with E-state index in [1.54, 1.807) is 16.9 Å². The van der Waals surface area contributed by atoms with Crippen molar-refractivity contribution in [1.29, 1.82) is 0 Å². The molecule has 2 N–H and O–H groups in total. The molecule has 10 heteroatoms. The molecule has 1 aromatic carbocycles. The molecule has 0 aliphatic heterocycles. The second-order valence-electron chi connectivity index (χ2n) is 6.60. The van der Waals surface area contributed by atoms with Crippen LogP contribution in [-0.4, -0.2) is 31.2 Å². The van der Waals surface area contributed by atoms with Gasteiger partial charge in [-0.25, -0.2) is 0 Å². The normalized spacial score (nSPS) is 10.9. The minimum absolute atomic E-state index is 0.552. The van der Waals surface area contributed by atoms with Crippen LogP contribution in [-0.2, 0) is 13.1 Å². The minimum atomic E-state index is 0.552. The van der Waals surface area contributed by atoms with Crippen LogP contribution in [0.15, 0.2) is 35.1 Å². The van der Waals surface area contributed by atoms with Crippen LogP contribution in [0.25, 0.3) is 0 Å². The minimum Gasteiger partial charge on any atom is -0.362 e. The van der Waals surface area contributed by atoms with Crippen molar-refractivity contribution in [2.24, 2.45) is 0 Å². The van der Waals surface area contributed by atoms with Gasteiger partial charge in [-0.2, -0.15) is 10.2 Å². The summed E-state index contributed by atoms with van der Waals surface area (Å²) in [5, 5.41) is 17.0. The van der Waals surface area contributed by atoms with E-state index in [0.717, 1.165) is 46.6 Å². The molecule has 0 aliphatic rings. The van der Waals surface area contributed by atoms with E-state index in [9.17, 15) is 0 Å². The van der Waals surface area contributed by atoms with Crippen molar-refractivity contribution in [2.75, 3.05) is 11.9 Å². The third kappa shape index (κ3) is 5.94. The number of thiocarbonyl (C=S) groups is 1. The largest absolute Gasteiger partial charge is 0.362 e. The summed E-state index contributed by atoms with van der Waals surface area (Å²) in [4.78, 5) is 0. The summed E-state index contributed by atoms with van der Waals surface area (Å²) in [7, 11) is 0. The lowest BCUT2D eigenvalue weighted by Crippen LogP contribution is -2.29. The number of rotatable bonds is 7. The van der Waals surface area contributed by atoms with E-state index < -0.39 is 0 Å². The molecule has 2 aromatic heterocycles. The van der Waals surface area contributed by atoms with Gasteiger partial charge in [-0.05, 0) is 66.1 Å². The van der Waals surface area contributed by atoms with Crippen molar-refractivity contribution in [1.82, 2.24) is 24.9 Å². The summed E-state index contributed by atoms with van der Waals surface area (Å²) in [6.07, 6.45) is 4.52. The number of aryl methyl sites for hydroxylation is 2. The number of nitrogens with one attached hydrogen (secondary N) is 2. The third-order valence-electron chi connectivity index (χ3n) is 4.36. The van der Waals surface area contributed by atoms with Crippen molar-refractivity contribution < 1.29 is 0 Å². The molecule has 0 unspecified atom stereocenters. The molecule has 0 spiro atoms. The van der Waals surface area contributed by atoms with Crippen molar-refractivity contribution in [3.05, 3.63) is 62.1 Å². The fourth-order valence-electron chi connectivity index (χ4n) is 2.84. The van der Waals surface area contributed by atoms with Gasteiger partial charge in [-0.15, -0.1) is 0 Å². The number of aromatic nitrogens is 4. The lowest BCUT2D eigenvalue weighted by atomic mass is 10.2. The molecule has 0 radical (unpaired) electrons. The number of halogens is 3. The van der Waals surface area contributed by atoms with E-state index in [1.807, 2.05) is 29.9 Å². The van der Waals surface area contributed by atoms with E-state index in [4.69, 9.17) is 35.4 Å². The van der Waals surface area contributed by atoms with E-state index in [1.165, 1.54) is 0 Å². The summed E-state index contributed by atoms with van der Waals surface area (Å²) in [5.74, 6) is 0. The number of anilines is 1. The first-order valence-corrected chi connectivity index (χ1v) is 11.0. The Morgan fingerprint density at radius 2 is 2.07 bits per heavy atom. The Bertz CT molecular complexity index is 1020. The summed E-state index contributed by atoms with van der Waals surface area (Å²) < 4.78 is 4.86. The first-order chi connectivity index (χ1) is 13.8. The summed E-state index contributed by atoms with van der Waals surface area (Å²) >= 11 is 21.1. The van der Waals surface area contributed by atoms with Gasteiger partial charge in [0.05, 0.1) is 28.6 Å². The van der Waals surface area contributed by atoms with E-state index in [0.29, 0.717) is 21.7 Å². The highest BCUT2D eigenvalue weighted by molar-refractivity contribution is 9.10. The zero-order valence-electron chi connectivity index (χ0n) is 16.0. The Kier molecular flexibility index (Phi) is 7.56. The van der Waals surface area contributed by atoms with Crippen LogP contribution in [0, 0.1) is 13.8 Å². The zero-order chi connectivity index (χ0) is 21.0. The standard InChI is InChI=1S/C19H21BrCl2N6S/c1-12-18(20)13(2)28(26-12)7-3-6-23-19(29)25-16-9-24-27(11-16)10-14-4-5-15(21)8-17(14)22/h4-5,8-9,11H,3,6-7,10H2,1-2H3,(H2,23,25,29). The Morgan fingerprint density at radius 3 is 2.76 bits per heavy atom. The molecular formula is C19H21BrCl2N6S. The van der Waals surface area contributed by atoms with E-state index in [-0.39, 0.29) is 0 Å². The summed E-state index contributed by atoms with van der Waals surface area (Å²) in [6, 6.07) is 5.44. The molecule has 29 heavy (non-hydrogen) atoms. The second-order valence-corrected chi connectivity index (χ2v) is 8.65. The Balaban J connectivity index is 1.44. The maximum absolute atomic E-state index is 6.22. The van der Waals surface area contributed by atoms with Gasteiger partial charge in [-0.1, -0.05) is 29.3 Å². The monoisotopic (exact) mass is 514 g/mol. The lowest BCUT2D eigenvalue weighted by Gasteiger charge is -2.09. The number of hydrogen-bond acceptors (Lipinski definition) is 3. The first kappa shape index (κ1) is 22.1. The van der Waals surface area contributed by atoms with Crippen LogP contribution in [0.4, 0.5) is 5.69 Å². The molecule has 6 nitrogen and oxygen atoms in total. The van der Waals surface area contributed by atoms with Gasteiger partial charge in [0, 0.05) is 35.0 Å². The molecule has 0 fully saturated rings. The maximum Gasteiger partial charge on any atom is 0.170 e. The first-order valence-electron chi connectivity index (χ1n) is 9.04. The summed E-state index contributed by atoms with van der Waals surface area (Å²) in [5.41, 5.74) is 3.90. The van der Waals surface area contributed by atoms with Crippen molar-refractivity contribution in [3.63, 3.8) is 0 Å². The van der Waals surface area contributed by atoms with Gasteiger partial charge < -0.3 is 10.6 Å². The molecule has 0 bridgehead atoms. The smallest absolute Gasteiger partial charge is 0.170 e. The van der Waals surface area contributed by atoms with Gasteiger partial charge in [0.2, 0.25) is 0 Å². The topological polar surface area (TPSA) is 59.7 Å². The van der Waals surface area contributed by atoms with E-state index in [2.05, 4.69) is 43.7 Å². The fraction of sp³-hybridized carbons (Fsp3) is 0.316. The number of benzene rings is 1. The molecule has 0 amide bonds. The van der Waals surface area contributed by atoms with Crippen LogP contribution < -0.4 is 10.6 Å². The van der Waals surface area contributed by atoms with Crippen molar-refractivity contribution in [3.8, 4) is 0 Å². The highest BCUT2D eigenvalue weighted by Gasteiger charge is 2.08. The Hall–Kier alpha value is -1.61. The molecular weight excluding hydrogens is 495 g/mol. The predicted octanol–water partition coefficient (Wildman–Crippen LogP) is 5.19. The van der Waals surface area contributed by atoms with Crippen LogP contribution in [0.5, 0.6) is 0 Å². The average Bonchev–Trinajstić information content (AvgIpc) is 3.21. The molecule has 0 saturated heterocycles. The third-order valence-corrected chi connectivity index (χ3v) is 6.34. The molecule has 3 aromatic rings. The lowest BCUT2D eigenvalue weighted by molar-refractivity contribution is 0.558. The van der Waals surface area contributed by atoms with Crippen LogP contribution in [0.1, 0.15) is 23.4 Å². The summed E-state index contributed by atoms with van der Waals surface area (Å²) in [6.45, 7) is 6.17. The fourth-order valence-corrected chi connectivity index (χ4v) is 3.81. The average molecular weight is 516 g/mol. The van der Waals surface area contributed by atoms with Crippen LogP contribution >= 0.6 is 51.3 Å². The van der Waals surface area contributed by atoms with E-state index >= 15 is 0 Å². The van der Waals surface area contributed by atoms with Gasteiger partial charge in [0.1, 0.15) is 0 Å². The van der Waals surface area contributed by atoms with Gasteiger partial charge in [-0.3, -0.25) is 9.36 Å². The number of hydrogen-bond donors (Lipinski definition) is 2. The SMILES string of the molecule is Cc1nn(CCCNC(=S)Nc2cnn(Cc3ccc(Cl)cc3Cl)c2)c(C)c1Br. The van der Waals surface area contributed by atoms with Crippen LogP contribution in [0.2, 0.25) is 10.0 Å². The quantitative estimate of drug-likeness (QED) is 0.335. The molecule has 154 valence electrons. The second kappa shape index (κ2) is 9.93. The Morgan fingerprint density at radius 1 is 1.28 bits per heavy atom. The maximum atomic E-state index is 6.22. The molecule has 0 saturated carbocycles. The molecule has 3 rings (SSSR count). The Labute approximate surface area is 193 Å². The van der Waals surface area contributed by atoms with Gasteiger partial charge >= 0.3 is 0 Å². The highest BCUT2D eigenvalue weighted by atomic mass is 79.9. The van der Waals surface area contributed by atoms with Gasteiger partial charge in [0.25, 0.3) is 0 Å². The number of nitrogens with zero attached hydrogens (tertiary/aromatic N) is 4. The zero-order valence-corrected chi connectivity index (χ0v) is 20.0. The molecule has 2 heterocycles. The van der Waals surface area contributed by atoms with Gasteiger partial charge in [0.15, 0.2) is 5.11 Å². The highest BCUT2D eigenvalue weighted by Crippen LogP contribution is 2.22. The molecule has 0 atom stereocenters. The van der Waals surface area contributed by atoms with Crippen LogP contribution in [0.3, 0.4) is 0 Å². The van der Waals surface area contributed by atoms with Crippen molar-refractivity contribution in [2.45, 2.75) is 33.4 Å². The predicted molar refractivity (Wildman–Crippen MR) is 126 cm³/mol. The molecule has 0 aliphatic carbocycles.